The van der Waals surface area contributed by atoms with Gasteiger partial charge in [0.25, 0.3) is 0 Å². The van der Waals surface area contributed by atoms with Gasteiger partial charge >= 0.3 is 0 Å². The van der Waals surface area contributed by atoms with Crippen molar-refractivity contribution in [3.8, 4) is 0 Å². The largest absolute Gasteiger partial charge is 0.417 e. The van der Waals surface area contributed by atoms with Crippen molar-refractivity contribution < 1.29 is 9.53 Å². The first-order valence-electron chi connectivity index (χ1n) is 6.35. The van der Waals surface area contributed by atoms with Gasteiger partial charge < -0.3 is 9.53 Å². The summed E-state index contributed by atoms with van der Waals surface area (Å²) >= 11 is 0. The minimum absolute atomic E-state index is 0.282. The fourth-order valence-corrected chi connectivity index (χ4v) is 2.53. The first kappa shape index (κ1) is 16.1. The van der Waals surface area contributed by atoms with Gasteiger partial charge in [0.15, 0.2) is 8.32 Å². The van der Waals surface area contributed by atoms with Gasteiger partial charge in [-0.2, -0.15) is 0 Å². The van der Waals surface area contributed by atoms with Gasteiger partial charge in [-0.3, -0.25) is 0 Å². The maximum atomic E-state index is 9.01. The van der Waals surface area contributed by atoms with Crippen molar-refractivity contribution in [2.24, 2.45) is 11.8 Å². The van der Waals surface area contributed by atoms with Crippen LogP contribution in [-0.2, 0) is 4.43 Å². The first-order valence-corrected chi connectivity index (χ1v) is 9.25. The molecule has 2 unspecified atom stereocenters. The van der Waals surface area contributed by atoms with Crippen molar-refractivity contribution in [3.63, 3.8) is 0 Å². The van der Waals surface area contributed by atoms with Crippen LogP contribution in [-0.4, -0.2) is 26.6 Å². The van der Waals surface area contributed by atoms with E-state index in [0.29, 0.717) is 11.8 Å². The predicted molar refractivity (Wildman–Crippen MR) is 73.2 cm³/mol. The number of hydrogen-bond acceptors (Lipinski definition) is 2. The van der Waals surface area contributed by atoms with Crippen molar-refractivity contribution in [2.75, 3.05) is 13.2 Å². The normalized spacial score (nSPS) is 17.2. The highest BCUT2D eigenvalue weighted by atomic mass is 28.4. The van der Waals surface area contributed by atoms with E-state index in [-0.39, 0.29) is 11.6 Å². The van der Waals surface area contributed by atoms with Crippen LogP contribution in [0.15, 0.2) is 0 Å². The number of aliphatic hydroxyl groups is 1. The maximum absolute atomic E-state index is 9.01. The number of hydrogen-bond donors (Lipinski definition) is 1. The summed E-state index contributed by atoms with van der Waals surface area (Å²) in [5, 5.41) is 9.30. The molecule has 0 aromatic rings. The summed E-state index contributed by atoms with van der Waals surface area (Å²) in [5.41, 5.74) is 0. The van der Waals surface area contributed by atoms with Gasteiger partial charge in [0.05, 0.1) is 0 Å². The molecule has 0 bridgehead atoms. The van der Waals surface area contributed by atoms with Crippen molar-refractivity contribution in [1.29, 1.82) is 0 Å². The molecular formula is C13H30O2Si. The Morgan fingerprint density at radius 2 is 1.62 bits per heavy atom. The van der Waals surface area contributed by atoms with Crippen molar-refractivity contribution >= 4 is 8.32 Å². The molecule has 16 heavy (non-hydrogen) atoms. The molecule has 0 heterocycles. The smallest absolute Gasteiger partial charge is 0.191 e. The Labute approximate surface area is 103 Å². The number of rotatable bonds is 6. The molecule has 98 valence electrons. The van der Waals surface area contributed by atoms with Crippen LogP contribution in [0, 0.1) is 11.8 Å². The molecule has 0 saturated carbocycles. The summed E-state index contributed by atoms with van der Waals surface area (Å²) < 4.78 is 6.16. The average molecular weight is 246 g/mol. The molecule has 0 spiro atoms. The van der Waals surface area contributed by atoms with E-state index < -0.39 is 8.32 Å². The summed E-state index contributed by atoms with van der Waals surface area (Å²) in [6, 6.07) is 0. The average Bonchev–Trinajstić information content (AvgIpc) is 2.13. The van der Waals surface area contributed by atoms with Crippen molar-refractivity contribution in [1.82, 2.24) is 0 Å². The number of aliphatic hydroxyl groups excluding tert-OH is 1. The van der Waals surface area contributed by atoms with Gasteiger partial charge in [-0.15, -0.1) is 0 Å². The van der Waals surface area contributed by atoms with Crippen LogP contribution >= 0.6 is 0 Å². The molecule has 0 saturated heterocycles. The molecule has 0 fully saturated rings. The minimum atomic E-state index is -1.59. The second kappa shape index (κ2) is 6.17. The van der Waals surface area contributed by atoms with E-state index in [1.807, 2.05) is 0 Å². The summed E-state index contributed by atoms with van der Waals surface area (Å²) in [7, 11) is -1.59. The minimum Gasteiger partial charge on any atom is -0.417 e. The fourth-order valence-electron chi connectivity index (χ4n) is 1.40. The van der Waals surface area contributed by atoms with Crippen LogP contribution in [0.1, 0.15) is 41.0 Å². The Bertz CT molecular complexity index is 197. The SMILES string of the molecule is CC(CO)CC(C)CO[Si](C)(C)C(C)(C)C. The van der Waals surface area contributed by atoms with Crippen LogP contribution in [0.5, 0.6) is 0 Å². The zero-order valence-corrected chi connectivity index (χ0v) is 13.1. The topological polar surface area (TPSA) is 29.5 Å². The van der Waals surface area contributed by atoms with E-state index in [1.165, 1.54) is 0 Å². The lowest BCUT2D eigenvalue weighted by Gasteiger charge is -2.37. The summed E-state index contributed by atoms with van der Waals surface area (Å²) in [4.78, 5) is 0. The Morgan fingerprint density at radius 1 is 1.12 bits per heavy atom. The summed E-state index contributed by atoms with van der Waals surface area (Å²) in [6.07, 6.45) is 1.05. The van der Waals surface area contributed by atoms with Gasteiger partial charge in [-0.1, -0.05) is 34.6 Å². The van der Waals surface area contributed by atoms with Crippen LogP contribution in [0.3, 0.4) is 0 Å². The highest BCUT2D eigenvalue weighted by molar-refractivity contribution is 6.74. The molecule has 3 heteroatoms. The van der Waals surface area contributed by atoms with Crippen LogP contribution in [0.2, 0.25) is 18.1 Å². The van der Waals surface area contributed by atoms with Crippen molar-refractivity contribution in [2.45, 2.75) is 59.2 Å². The second-order valence-electron chi connectivity index (χ2n) is 6.70. The maximum Gasteiger partial charge on any atom is 0.191 e. The predicted octanol–water partition coefficient (Wildman–Crippen LogP) is 3.66. The monoisotopic (exact) mass is 246 g/mol. The van der Waals surface area contributed by atoms with Gasteiger partial charge in [-0.25, -0.2) is 0 Å². The fraction of sp³-hybridized carbons (Fsp3) is 1.00. The van der Waals surface area contributed by atoms with Gasteiger partial charge in [0.2, 0.25) is 0 Å². The van der Waals surface area contributed by atoms with E-state index in [1.54, 1.807) is 0 Å². The third-order valence-electron chi connectivity index (χ3n) is 3.65. The van der Waals surface area contributed by atoms with E-state index in [9.17, 15) is 0 Å². The Kier molecular flexibility index (Phi) is 6.23. The molecule has 0 radical (unpaired) electrons. The molecule has 1 N–H and O–H groups in total. The van der Waals surface area contributed by atoms with Gasteiger partial charge in [0.1, 0.15) is 0 Å². The van der Waals surface area contributed by atoms with Gasteiger partial charge in [-0.05, 0) is 36.4 Å². The molecule has 0 aromatic heterocycles. The Morgan fingerprint density at radius 3 is 2.00 bits per heavy atom. The molecule has 0 aliphatic heterocycles. The quantitative estimate of drug-likeness (QED) is 0.725. The highest BCUT2D eigenvalue weighted by Gasteiger charge is 2.37. The lowest BCUT2D eigenvalue weighted by molar-refractivity contribution is 0.179. The Balaban J connectivity index is 4.05. The molecule has 0 aromatic carbocycles. The Hall–Kier alpha value is 0.137. The van der Waals surface area contributed by atoms with E-state index in [0.717, 1.165) is 13.0 Å². The molecule has 2 nitrogen and oxygen atoms in total. The van der Waals surface area contributed by atoms with Crippen molar-refractivity contribution in [3.05, 3.63) is 0 Å². The molecule has 2 atom stereocenters. The molecule has 0 aliphatic rings. The lowest BCUT2D eigenvalue weighted by Crippen LogP contribution is -2.41. The van der Waals surface area contributed by atoms with Gasteiger partial charge in [0, 0.05) is 13.2 Å². The second-order valence-corrected chi connectivity index (χ2v) is 11.5. The standard InChI is InChI=1S/C13H30O2Si/c1-11(9-14)8-12(2)10-15-16(6,7)13(3,4)5/h11-12,14H,8-10H2,1-7H3. The summed E-state index contributed by atoms with van der Waals surface area (Å²) in [6.45, 7) is 16.8. The molecular weight excluding hydrogens is 216 g/mol. The zero-order chi connectivity index (χ0) is 13.0. The van der Waals surface area contributed by atoms with E-state index >= 15 is 0 Å². The van der Waals surface area contributed by atoms with E-state index in [2.05, 4.69) is 47.7 Å². The molecule has 0 aliphatic carbocycles. The van der Waals surface area contributed by atoms with Crippen LogP contribution < -0.4 is 0 Å². The summed E-state index contributed by atoms with van der Waals surface area (Å²) in [5.74, 6) is 0.925. The van der Waals surface area contributed by atoms with E-state index in [4.69, 9.17) is 9.53 Å². The first-order chi connectivity index (χ1) is 7.10. The molecule has 0 amide bonds. The third-order valence-corrected chi connectivity index (χ3v) is 8.15. The third kappa shape index (κ3) is 5.46. The zero-order valence-electron chi connectivity index (χ0n) is 12.1. The lowest BCUT2D eigenvalue weighted by atomic mass is 9.99. The molecule has 0 rings (SSSR count). The highest BCUT2D eigenvalue weighted by Crippen LogP contribution is 2.36. The van der Waals surface area contributed by atoms with Crippen LogP contribution in [0.25, 0.3) is 0 Å². The van der Waals surface area contributed by atoms with Crippen LogP contribution in [0.4, 0.5) is 0 Å².